The maximum Gasteiger partial charge on any atom is 0.150 e. The highest BCUT2D eigenvalue weighted by atomic mass is 16.6. The summed E-state index contributed by atoms with van der Waals surface area (Å²) < 4.78 is 10.7. The normalized spacial score (nSPS) is 26.4. The lowest BCUT2D eigenvalue weighted by molar-refractivity contribution is 0.0729. The van der Waals surface area contributed by atoms with Crippen LogP contribution in [0.1, 0.15) is 5.56 Å². The van der Waals surface area contributed by atoms with Crippen molar-refractivity contribution < 1.29 is 14.6 Å². The molecule has 14 heavy (non-hydrogen) atoms. The molecule has 0 unspecified atom stereocenters. The van der Waals surface area contributed by atoms with Crippen LogP contribution in [0.4, 0.5) is 0 Å². The number of aliphatic hydroxyl groups excluding tert-OH is 1. The maximum atomic E-state index is 9.49. The van der Waals surface area contributed by atoms with Crippen LogP contribution in [0.3, 0.4) is 0 Å². The first kappa shape index (κ1) is 9.49. The molecule has 1 aliphatic rings. The van der Waals surface area contributed by atoms with Gasteiger partial charge in [0, 0.05) is 0 Å². The van der Waals surface area contributed by atoms with Gasteiger partial charge in [-0.25, -0.2) is 0 Å². The van der Waals surface area contributed by atoms with E-state index in [-0.39, 0.29) is 6.10 Å². The van der Waals surface area contributed by atoms with Crippen molar-refractivity contribution in [3.63, 3.8) is 0 Å². The lowest BCUT2D eigenvalue weighted by Gasteiger charge is -2.16. The minimum absolute atomic E-state index is 0.226. The Bertz CT molecular complexity index is 311. The first-order valence-corrected chi connectivity index (χ1v) is 4.75. The van der Waals surface area contributed by atoms with Crippen LogP contribution >= 0.6 is 0 Å². The Balaban J connectivity index is 2.07. The summed E-state index contributed by atoms with van der Waals surface area (Å²) in [5, 5.41) is 9.49. The minimum Gasteiger partial charge on any atom is -0.485 e. The van der Waals surface area contributed by atoms with Gasteiger partial charge >= 0.3 is 0 Å². The van der Waals surface area contributed by atoms with E-state index in [1.807, 2.05) is 31.2 Å². The lowest BCUT2D eigenvalue weighted by Crippen LogP contribution is -2.29. The number of hydrogen-bond acceptors (Lipinski definition) is 3. The largest absolute Gasteiger partial charge is 0.485 e. The van der Waals surface area contributed by atoms with Crippen molar-refractivity contribution in [1.29, 1.82) is 0 Å². The fraction of sp³-hybridized carbons (Fsp3) is 0.455. The quantitative estimate of drug-likeness (QED) is 0.767. The predicted octanol–water partition coefficient (Wildman–Crippen LogP) is 1.13. The minimum atomic E-state index is -0.505. The molecule has 1 fully saturated rings. The average Bonchev–Trinajstić information content (AvgIpc) is 2.56. The zero-order valence-electron chi connectivity index (χ0n) is 8.14. The second-order valence-corrected chi connectivity index (χ2v) is 3.53. The van der Waals surface area contributed by atoms with E-state index in [0.29, 0.717) is 13.2 Å². The summed E-state index contributed by atoms with van der Waals surface area (Å²) in [7, 11) is 0. The summed E-state index contributed by atoms with van der Waals surface area (Å²) in [6, 6.07) is 7.77. The molecule has 1 heterocycles. The van der Waals surface area contributed by atoms with Gasteiger partial charge in [0.2, 0.25) is 0 Å². The van der Waals surface area contributed by atoms with Crippen LogP contribution in [-0.2, 0) is 4.74 Å². The number of benzene rings is 1. The Hall–Kier alpha value is -1.06. The van der Waals surface area contributed by atoms with E-state index in [9.17, 15) is 5.11 Å². The van der Waals surface area contributed by atoms with Crippen LogP contribution in [-0.4, -0.2) is 30.5 Å². The second-order valence-electron chi connectivity index (χ2n) is 3.53. The molecule has 76 valence electrons. The first-order chi connectivity index (χ1) is 6.77. The third kappa shape index (κ3) is 1.89. The summed E-state index contributed by atoms with van der Waals surface area (Å²) in [5.74, 6) is 0.821. The third-order valence-corrected chi connectivity index (χ3v) is 2.37. The molecule has 1 N–H and O–H groups in total. The molecule has 0 radical (unpaired) electrons. The fourth-order valence-corrected chi connectivity index (χ4v) is 1.49. The topological polar surface area (TPSA) is 38.7 Å². The fourth-order valence-electron chi connectivity index (χ4n) is 1.49. The summed E-state index contributed by atoms with van der Waals surface area (Å²) in [6.07, 6.45) is -0.731. The standard InChI is InChI=1S/C11H14O3/c1-8-4-2-3-5-10(8)14-11-7-13-6-9(11)12/h2-5,9,11-12H,6-7H2,1H3/t9-,11-/m0/s1. The highest BCUT2D eigenvalue weighted by Gasteiger charge is 2.28. The predicted molar refractivity (Wildman–Crippen MR) is 52.4 cm³/mol. The third-order valence-electron chi connectivity index (χ3n) is 2.37. The molecule has 1 saturated heterocycles. The number of aliphatic hydroxyl groups is 1. The van der Waals surface area contributed by atoms with Gasteiger partial charge in [-0.3, -0.25) is 0 Å². The van der Waals surface area contributed by atoms with Crippen LogP contribution < -0.4 is 4.74 Å². The van der Waals surface area contributed by atoms with Crippen molar-refractivity contribution in [3.05, 3.63) is 29.8 Å². The van der Waals surface area contributed by atoms with Crippen molar-refractivity contribution in [3.8, 4) is 5.75 Å². The molecule has 2 atom stereocenters. The van der Waals surface area contributed by atoms with Crippen molar-refractivity contribution in [1.82, 2.24) is 0 Å². The molecule has 0 saturated carbocycles. The number of ether oxygens (including phenoxy) is 2. The van der Waals surface area contributed by atoms with E-state index >= 15 is 0 Å². The molecule has 0 aliphatic carbocycles. The van der Waals surface area contributed by atoms with Crippen LogP contribution in [0.15, 0.2) is 24.3 Å². The molecule has 2 rings (SSSR count). The van der Waals surface area contributed by atoms with Gasteiger partial charge in [-0.15, -0.1) is 0 Å². The van der Waals surface area contributed by atoms with Crippen LogP contribution in [0.5, 0.6) is 5.75 Å². The second kappa shape index (κ2) is 3.98. The van der Waals surface area contributed by atoms with Crippen molar-refractivity contribution in [2.24, 2.45) is 0 Å². The van der Waals surface area contributed by atoms with Gasteiger partial charge < -0.3 is 14.6 Å². The Labute approximate surface area is 83.3 Å². The van der Waals surface area contributed by atoms with Crippen LogP contribution in [0.2, 0.25) is 0 Å². The van der Waals surface area contributed by atoms with E-state index in [0.717, 1.165) is 11.3 Å². The number of hydrogen-bond donors (Lipinski definition) is 1. The Kier molecular flexibility index (Phi) is 2.70. The van der Waals surface area contributed by atoms with E-state index in [2.05, 4.69) is 0 Å². The zero-order chi connectivity index (χ0) is 9.97. The number of para-hydroxylation sites is 1. The van der Waals surface area contributed by atoms with E-state index in [4.69, 9.17) is 9.47 Å². The summed E-state index contributed by atoms with van der Waals surface area (Å²) >= 11 is 0. The number of aryl methyl sites for hydroxylation is 1. The first-order valence-electron chi connectivity index (χ1n) is 4.75. The molecule has 0 bridgehead atoms. The van der Waals surface area contributed by atoms with Gasteiger partial charge in [0.05, 0.1) is 13.2 Å². The van der Waals surface area contributed by atoms with Gasteiger partial charge in [0.1, 0.15) is 18.0 Å². The van der Waals surface area contributed by atoms with E-state index in [1.54, 1.807) is 0 Å². The van der Waals surface area contributed by atoms with E-state index in [1.165, 1.54) is 0 Å². The molecule has 0 aromatic heterocycles. The summed E-state index contributed by atoms with van der Waals surface area (Å²) in [4.78, 5) is 0. The monoisotopic (exact) mass is 194 g/mol. The summed E-state index contributed by atoms with van der Waals surface area (Å²) in [5.41, 5.74) is 1.08. The SMILES string of the molecule is Cc1ccccc1O[C@H]1COC[C@@H]1O. The van der Waals surface area contributed by atoms with Gasteiger partial charge in [-0.05, 0) is 18.6 Å². The maximum absolute atomic E-state index is 9.49. The summed E-state index contributed by atoms with van der Waals surface area (Å²) in [6.45, 7) is 2.82. The Morgan fingerprint density at radius 1 is 1.36 bits per heavy atom. The molecular formula is C11H14O3. The Morgan fingerprint density at radius 2 is 2.14 bits per heavy atom. The highest BCUT2D eigenvalue weighted by Crippen LogP contribution is 2.20. The highest BCUT2D eigenvalue weighted by molar-refractivity contribution is 5.32. The molecule has 1 aliphatic heterocycles. The smallest absolute Gasteiger partial charge is 0.150 e. The van der Waals surface area contributed by atoms with Crippen molar-refractivity contribution in [2.75, 3.05) is 13.2 Å². The lowest BCUT2D eigenvalue weighted by atomic mass is 10.2. The van der Waals surface area contributed by atoms with E-state index < -0.39 is 6.10 Å². The average molecular weight is 194 g/mol. The Morgan fingerprint density at radius 3 is 2.79 bits per heavy atom. The van der Waals surface area contributed by atoms with Crippen molar-refractivity contribution in [2.45, 2.75) is 19.1 Å². The van der Waals surface area contributed by atoms with Crippen molar-refractivity contribution >= 4 is 0 Å². The molecule has 0 amide bonds. The van der Waals surface area contributed by atoms with Gasteiger partial charge in [0.15, 0.2) is 0 Å². The molecular weight excluding hydrogens is 180 g/mol. The zero-order valence-corrected chi connectivity index (χ0v) is 8.14. The molecule has 0 spiro atoms. The van der Waals surface area contributed by atoms with Gasteiger partial charge in [-0.1, -0.05) is 18.2 Å². The van der Waals surface area contributed by atoms with Gasteiger partial charge in [0.25, 0.3) is 0 Å². The molecule has 3 heteroatoms. The van der Waals surface area contributed by atoms with Crippen LogP contribution in [0, 0.1) is 6.92 Å². The van der Waals surface area contributed by atoms with Gasteiger partial charge in [-0.2, -0.15) is 0 Å². The number of rotatable bonds is 2. The van der Waals surface area contributed by atoms with Crippen LogP contribution in [0.25, 0.3) is 0 Å². The molecule has 1 aromatic carbocycles. The molecule has 1 aromatic rings. The molecule has 3 nitrogen and oxygen atoms in total.